The zero-order valence-electron chi connectivity index (χ0n) is 22.5. The van der Waals surface area contributed by atoms with Gasteiger partial charge in [-0.2, -0.15) is 0 Å². The van der Waals surface area contributed by atoms with Gasteiger partial charge in [-0.15, -0.1) is 5.10 Å². The molecule has 0 unspecified atom stereocenters. The van der Waals surface area contributed by atoms with E-state index in [1.165, 1.54) is 10.9 Å². The SMILES string of the molecule is COc1ccc2cc1OCCCCN(C(=O)c1ccc(Cn3cnnn3)cc1)CCc1c([nH]c3ccccc13)C2. The second-order valence-electron chi connectivity index (χ2n) is 10.1. The molecular formula is C31H32N6O3. The van der Waals surface area contributed by atoms with Crippen molar-refractivity contribution in [2.45, 2.75) is 32.2 Å². The van der Waals surface area contributed by atoms with Gasteiger partial charge < -0.3 is 19.4 Å². The molecular weight excluding hydrogens is 504 g/mol. The van der Waals surface area contributed by atoms with Crippen molar-refractivity contribution in [1.82, 2.24) is 30.1 Å². The molecule has 1 N–H and O–H groups in total. The molecule has 9 heteroatoms. The van der Waals surface area contributed by atoms with Gasteiger partial charge in [0.05, 0.1) is 20.3 Å². The van der Waals surface area contributed by atoms with Crippen molar-refractivity contribution in [3.8, 4) is 11.5 Å². The Bertz CT molecular complexity index is 1590. The maximum absolute atomic E-state index is 13.7. The van der Waals surface area contributed by atoms with Gasteiger partial charge in [-0.1, -0.05) is 36.4 Å². The predicted octanol–water partition coefficient (Wildman–Crippen LogP) is 4.66. The van der Waals surface area contributed by atoms with Gasteiger partial charge in [0.1, 0.15) is 6.33 Å². The number of tetrazole rings is 1. The fourth-order valence-corrected chi connectivity index (χ4v) is 5.36. The van der Waals surface area contributed by atoms with Crippen molar-refractivity contribution in [2.75, 3.05) is 26.8 Å². The minimum Gasteiger partial charge on any atom is -0.493 e. The van der Waals surface area contributed by atoms with Crippen molar-refractivity contribution in [1.29, 1.82) is 0 Å². The second-order valence-corrected chi connectivity index (χ2v) is 10.1. The van der Waals surface area contributed by atoms with Crippen LogP contribution in [0.2, 0.25) is 0 Å². The summed E-state index contributed by atoms with van der Waals surface area (Å²) in [6.45, 7) is 2.41. The van der Waals surface area contributed by atoms with Crippen molar-refractivity contribution in [2.24, 2.45) is 0 Å². The smallest absolute Gasteiger partial charge is 0.253 e. The molecule has 1 amide bonds. The molecule has 1 aliphatic heterocycles. The van der Waals surface area contributed by atoms with Crippen LogP contribution >= 0.6 is 0 Å². The van der Waals surface area contributed by atoms with E-state index < -0.39 is 0 Å². The largest absolute Gasteiger partial charge is 0.493 e. The average molecular weight is 537 g/mol. The Kier molecular flexibility index (Phi) is 7.43. The quantitative estimate of drug-likeness (QED) is 0.359. The minimum absolute atomic E-state index is 0.0373. The normalized spacial score (nSPS) is 14.3. The number of hydrogen-bond acceptors (Lipinski definition) is 6. The molecule has 3 aromatic carbocycles. The van der Waals surface area contributed by atoms with Crippen LogP contribution in [0.5, 0.6) is 11.5 Å². The van der Waals surface area contributed by atoms with E-state index in [-0.39, 0.29) is 5.91 Å². The zero-order chi connectivity index (χ0) is 27.3. The molecule has 2 bridgehead atoms. The molecule has 0 saturated heterocycles. The molecule has 6 rings (SSSR count). The first kappa shape index (κ1) is 25.6. The standard InChI is InChI=1S/C31H32N6O3/c1-39-29-13-10-23-18-28-26(25-6-2-3-7-27(25)33-28)14-16-36(15-4-5-17-40-30(29)19-23)31(38)24-11-8-22(9-12-24)20-37-21-32-34-35-37/h2-3,6-13,19,21,33H,4-5,14-18,20H2,1H3. The van der Waals surface area contributed by atoms with Crippen LogP contribution in [0.3, 0.4) is 0 Å². The molecule has 40 heavy (non-hydrogen) atoms. The summed E-state index contributed by atoms with van der Waals surface area (Å²) in [5, 5.41) is 12.5. The number of nitrogens with zero attached hydrogens (tertiary/aromatic N) is 5. The fourth-order valence-electron chi connectivity index (χ4n) is 5.36. The number of methoxy groups -OCH3 is 1. The number of nitrogens with one attached hydrogen (secondary N) is 1. The Balaban J connectivity index is 1.28. The number of aromatic nitrogens is 5. The highest BCUT2D eigenvalue weighted by atomic mass is 16.5. The highest BCUT2D eigenvalue weighted by Gasteiger charge is 2.19. The number of carbonyl (C=O) groups is 1. The summed E-state index contributed by atoms with van der Waals surface area (Å²) in [4.78, 5) is 19.4. The number of H-pyrrole nitrogens is 1. The van der Waals surface area contributed by atoms with Crippen molar-refractivity contribution in [3.05, 3.63) is 101 Å². The van der Waals surface area contributed by atoms with Crippen LogP contribution in [0, 0.1) is 0 Å². The number of ether oxygens (including phenoxy) is 2. The first-order valence-electron chi connectivity index (χ1n) is 13.6. The zero-order valence-corrected chi connectivity index (χ0v) is 22.5. The summed E-state index contributed by atoms with van der Waals surface area (Å²) in [6.07, 6.45) is 4.75. The number of carbonyl (C=O) groups excluding carboxylic acids is 1. The highest BCUT2D eigenvalue weighted by molar-refractivity contribution is 5.94. The van der Waals surface area contributed by atoms with E-state index >= 15 is 0 Å². The molecule has 9 nitrogen and oxygen atoms in total. The van der Waals surface area contributed by atoms with Crippen molar-refractivity contribution in [3.63, 3.8) is 0 Å². The summed E-state index contributed by atoms with van der Waals surface area (Å²) >= 11 is 0. The summed E-state index contributed by atoms with van der Waals surface area (Å²) in [7, 11) is 1.66. The lowest BCUT2D eigenvalue weighted by molar-refractivity contribution is 0.0752. The third kappa shape index (κ3) is 5.54. The lowest BCUT2D eigenvalue weighted by Crippen LogP contribution is -2.34. The maximum Gasteiger partial charge on any atom is 0.253 e. The van der Waals surface area contributed by atoms with Gasteiger partial charge in [0.2, 0.25) is 0 Å². The number of hydrogen-bond donors (Lipinski definition) is 1. The first-order valence-corrected chi connectivity index (χ1v) is 13.6. The number of rotatable bonds is 4. The van der Waals surface area contributed by atoms with Crippen LogP contribution in [0.1, 0.15) is 45.6 Å². The Hall–Kier alpha value is -4.66. The minimum atomic E-state index is 0.0373. The van der Waals surface area contributed by atoms with Crippen LogP contribution in [0.4, 0.5) is 0 Å². The lowest BCUT2D eigenvalue weighted by Gasteiger charge is -2.24. The Labute approximate surface area is 232 Å². The van der Waals surface area contributed by atoms with E-state index in [2.05, 4.69) is 50.8 Å². The fraction of sp³-hybridized carbons (Fsp3) is 0.290. The molecule has 5 aromatic rings. The Morgan fingerprint density at radius 3 is 2.75 bits per heavy atom. The van der Waals surface area contributed by atoms with Gasteiger partial charge in [-0.25, -0.2) is 4.68 Å². The summed E-state index contributed by atoms with van der Waals surface area (Å²) in [6, 6.07) is 22.3. The van der Waals surface area contributed by atoms with Crippen molar-refractivity contribution >= 4 is 16.8 Å². The Morgan fingerprint density at radius 1 is 1.05 bits per heavy atom. The van der Waals surface area contributed by atoms with E-state index in [1.54, 1.807) is 18.1 Å². The van der Waals surface area contributed by atoms with Gasteiger partial charge in [0.15, 0.2) is 11.5 Å². The van der Waals surface area contributed by atoms with E-state index in [9.17, 15) is 4.79 Å². The summed E-state index contributed by atoms with van der Waals surface area (Å²) < 4.78 is 13.3. The number of benzene rings is 3. The molecule has 0 radical (unpaired) electrons. The molecule has 0 saturated carbocycles. The third-order valence-corrected chi connectivity index (χ3v) is 7.45. The maximum atomic E-state index is 13.7. The van der Waals surface area contributed by atoms with Gasteiger partial charge >= 0.3 is 0 Å². The van der Waals surface area contributed by atoms with Crippen LogP contribution in [-0.2, 0) is 19.4 Å². The number of aromatic amines is 1. The van der Waals surface area contributed by atoms with Gasteiger partial charge in [-0.3, -0.25) is 4.79 Å². The van der Waals surface area contributed by atoms with E-state index in [1.807, 2.05) is 41.3 Å². The molecule has 2 aromatic heterocycles. The average Bonchev–Trinajstić information content (AvgIpc) is 3.62. The topological polar surface area (TPSA) is 98.2 Å². The summed E-state index contributed by atoms with van der Waals surface area (Å²) in [5.74, 6) is 1.52. The van der Waals surface area contributed by atoms with Crippen LogP contribution in [-0.4, -0.2) is 62.8 Å². The number of para-hydroxylation sites is 1. The lowest BCUT2D eigenvalue weighted by atomic mass is 10.0. The molecule has 204 valence electrons. The number of fused-ring (bicyclic) bond motifs is 5. The van der Waals surface area contributed by atoms with Gasteiger partial charge in [-0.05, 0) is 76.7 Å². The third-order valence-electron chi connectivity index (χ3n) is 7.45. The molecule has 1 aliphatic rings. The van der Waals surface area contributed by atoms with E-state index in [0.29, 0.717) is 31.8 Å². The van der Waals surface area contributed by atoms with E-state index in [0.717, 1.165) is 59.5 Å². The first-order chi connectivity index (χ1) is 19.7. The van der Waals surface area contributed by atoms with Gasteiger partial charge in [0.25, 0.3) is 5.91 Å². The monoisotopic (exact) mass is 536 g/mol. The Morgan fingerprint density at radius 2 is 1.93 bits per heavy atom. The second kappa shape index (κ2) is 11.6. The molecule has 0 fully saturated rings. The molecule has 3 heterocycles. The van der Waals surface area contributed by atoms with Crippen molar-refractivity contribution < 1.29 is 14.3 Å². The van der Waals surface area contributed by atoms with Crippen LogP contribution in [0.25, 0.3) is 10.9 Å². The predicted molar refractivity (Wildman–Crippen MR) is 152 cm³/mol. The highest BCUT2D eigenvalue weighted by Crippen LogP contribution is 2.31. The van der Waals surface area contributed by atoms with E-state index in [4.69, 9.17) is 9.47 Å². The van der Waals surface area contributed by atoms with Crippen LogP contribution < -0.4 is 9.47 Å². The molecule has 0 aliphatic carbocycles. The molecule has 0 spiro atoms. The number of amides is 1. The molecule has 0 atom stereocenters. The van der Waals surface area contributed by atoms with Gasteiger partial charge in [0, 0.05) is 41.7 Å². The summed E-state index contributed by atoms with van der Waals surface area (Å²) in [5.41, 5.74) is 6.38. The van der Waals surface area contributed by atoms with Crippen LogP contribution in [0.15, 0.2) is 73.1 Å².